The van der Waals surface area contributed by atoms with Crippen LogP contribution in [0.2, 0.25) is 0 Å². The lowest BCUT2D eigenvalue weighted by atomic mass is 9.92. The van der Waals surface area contributed by atoms with E-state index in [0.29, 0.717) is 111 Å². The van der Waals surface area contributed by atoms with Crippen LogP contribution >= 0.6 is 21.6 Å². The van der Waals surface area contributed by atoms with Gasteiger partial charge in [0.05, 0.1) is 56.8 Å². The van der Waals surface area contributed by atoms with Crippen LogP contribution in [0.15, 0.2) is 126 Å². The molecule has 6 heterocycles. The lowest BCUT2D eigenvalue weighted by Crippen LogP contribution is -2.44. The number of ketones is 3. The van der Waals surface area contributed by atoms with Gasteiger partial charge in [0, 0.05) is 114 Å². The fourth-order valence-electron chi connectivity index (χ4n) is 16.3. The second-order valence-electron chi connectivity index (χ2n) is 32.6. The summed E-state index contributed by atoms with van der Waals surface area (Å²) < 4.78 is 31.3. The number of aromatic nitrogens is 4. The van der Waals surface area contributed by atoms with Crippen molar-refractivity contribution in [2.24, 2.45) is 17.6 Å². The van der Waals surface area contributed by atoms with Crippen LogP contribution in [0.5, 0.6) is 17.2 Å². The number of nitrogens with one attached hydrogen (secondary N) is 5. The smallest absolute Gasteiger partial charge is 0.306 e. The van der Waals surface area contributed by atoms with Gasteiger partial charge in [0.25, 0.3) is 17.4 Å². The van der Waals surface area contributed by atoms with Crippen LogP contribution in [0.4, 0.5) is 23.0 Å². The summed E-state index contributed by atoms with van der Waals surface area (Å²) in [5.41, 5.74) is 23.5. The minimum absolute atomic E-state index is 0.00874. The number of guanidine groups is 1. The number of hydrogen-bond acceptors (Lipinski definition) is 22. The number of carbonyl (C=O) groups is 8. The highest BCUT2D eigenvalue weighted by atomic mass is 33.1. The Kier molecular flexibility index (Phi) is 31.0. The molecular formula is C92H111N13O15S2. The van der Waals surface area contributed by atoms with Gasteiger partial charge in [-0.2, -0.15) is 4.98 Å². The predicted molar refractivity (Wildman–Crippen MR) is 473 cm³/mol. The minimum Gasteiger partial charge on any atom is -0.493 e. The number of nitrogen functional groups attached to an aromatic ring is 1. The van der Waals surface area contributed by atoms with E-state index in [1.54, 1.807) is 59.9 Å². The topological polar surface area (TPSA) is 396 Å². The Balaban J connectivity index is 0.662. The lowest BCUT2D eigenvalue weighted by Gasteiger charge is -2.34. The molecule has 30 heteroatoms. The number of Topliss-reactive ketones (excluding diaryl/α,β-unsaturated/α-hetero) is 3. The number of anilines is 4. The van der Waals surface area contributed by atoms with Crippen LogP contribution in [-0.4, -0.2) is 166 Å². The number of amides is 4. The molecule has 0 spiro atoms. The molecule has 646 valence electrons. The number of ether oxygens (including phenoxy) is 5. The van der Waals surface area contributed by atoms with Crippen molar-refractivity contribution in [3.05, 3.63) is 199 Å². The summed E-state index contributed by atoms with van der Waals surface area (Å²) in [4.78, 5) is 143. The van der Waals surface area contributed by atoms with Crippen molar-refractivity contribution in [1.29, 1.82) is 5.41 Å². The van der Waals surface area contributed by atoms with Crippen molar-refractivity contribution in [3.63, 3.8) is 0 Å². The Morgan fingerprint density at radius 2 is 1.34 bits per heavy atom. The van der Waals surface area contributed by atoms with Gasteiger partial charge in [0.2, 0.25) is 17.8 Å². The zero-order chi connectivity index (χ0) is 86.7. The molecule has 122 heavy (non-hydrogen) atoms. The quantitative estimate of drug-likeness (QED) is 0.00578. The van der Waals surface area contributed by atoms with Crippen LogP contribution < -0.4 is 61.9 Å². The first-order chi connectivity index (χ1) is 58.7. The summed E-state index contributed by atoms with van der Waals surface area (Å²) in [6, 6.07) is 35.3. The van der Waals surface area contributed by atoms with E-state index in [0.717, 1.165) is 89.0 Å². The third-order valence-corrected chi connectivity index (χ3v) is 26.1. The standard InChI is InChI=1S/C92H111N13O15S2/c1-8-35-117-37-38-118-36-34-103(71-42-59(52-119-79-48-62-26-30-69-44-64-15-9-11-18-74(64)104(69)87(112)72(62)40-55(79)2)41-60(43-71)53-120-81-49-63-27-31-70-45-65-16-10-12-19-75(65)105(70)88(113)73(63)50-80(81)116-7)54-92(5,6)122-121-39-14-20-76(106)56(3)99-85(110)66(17-13-33-96-90(93)94)46-77(107)57(4)98-82(109)32-28-67(89(114)115)47-78(108)61-24-21-58(22-25-61)23-29-68-51-97-84-83(100-68)86(111)102-91(95)101-84/h9-12,15-16,18-19,21-22,24-25,40-43,48-51,56-57,66-67,69-70H,8,13-14,17,20,23,26-39,44-47,52-54H2,1-7H3,(H,98,109)(H,99,110)(H,114,115)(H4,93,94,96)(H3,95,97,101,102,111)/t56-,57-,66+,67+,69-,70-/m1/s1. The number of benzene rings is 6. The predicted octanol–water partition coefficient (Wildman–Crippen LogP) is 12.0. The fraction of sp³-hybridized carbons (Fsp3) is 0.446. The lowest BCUT2D eigenvalue weighted by molar-refractivity contribution is -0.142. The van der Waals surface area contributed by atoms with E-state index >= 15 is 0 Å². The van der Waals surface area contributed by atoms with Gasteiger partial charge in [0.1, 0.15) is 19.0 Å². The fourth-order valence-corrected chi connectivity index (χ4v) is 18.9. The van der Waals surface area contributed by atoms with Crippen LogP contribution in [-0.2, 0) is 85.2 Å². The molecule has 0 bridgehead atoms. The normalized spacial score (nSPS) is 15.5. The molecule has 6 aromatic carbocycles. The number of para-hydroxylation sites is 2. The maximum absolute atomic E-state index is 14.5. The first kappa shape index (κ1) is 90.0. The molecule has 12 rings (SSSR count). The SMILES string of the molecule is CCCOCCOCCN(CC(C)(C)SSCCCC(=O)[C@@H](C)NC(=O)[C@@H](CCCNC(=N)N)CC(=O)[C@@H](C)NC(=O)CC[C@@H](CC(=O)c1ccc(CCc2cnc3nc(N)[nH]c(=O)c3n2)cc1)C(=O)O)c1cc(COc2cc3c(cc2C)C(=O)N2c4ccccc4C[C@H]2CC3)cc(COc2cc3c(cc2OC)C(=O)N2c4ccccc4C[C@H]2CC3)c1. The Morgan fingerprint density at radius 1 is 0.705 bits per heavy atom. The number of carbonyl (C=O) groups excluding carboxylic acids is 7. The summed E-state index contributed by atoms with van der Waals surface area (Å²) >= 11 is 0. The van der Waals surface area contributed by atoms with Crippen LogP contribution in [0.3, 0.4) is 0 Å². The number of nitrogens with zero attached hydrogens (tertiary/aromatic N) is 6. The number of carboxylic acids is 1. The second kappa shape index (κ2) is 42.0. The number of methoxy groups -OCH3 is 1. The number of fused-ring (bicyclic) bond motifs is 9. The zero-order valence-corrected chi connectivity index (χ0v) is 72.1. The largest absolute Gasteiger partial charge is 0.493 e. The van der Waals surface area contributed by atoms with Gasteiger partial charge >= 0.3 is 5.97 Å². The summed E-state index contributed by atoms with van der Waals surface area (Å²) in [5, 5.41) is 25.9. The van der Waals surface area contributed by atoms with Gasteiger partial charge in [-0.1, -0.05) is 89.2 Å². The average Bonchev–Trinajstić information content (AvgIpc) is 1.61. The van der Waals surface area contributed by atoms with Crippen molar-refractivity contribution in [2.45, 2.75) is 193 Å². The highest BCUT2D eigenvalue weighted by molar-refractivity contribution is 8.77. The monoisotopic (exact) mass is 1700 g/mol. The molecule has 4 aliphatic rings. The molecule has 0 radical (unpaired) electrons. The Hall–Kier alpha value is -11.2. The average molecular weight is 1700 g/mol. The highest BCUT2D eigenvalue weighted by Gasteiger charge is 2.40. The maximum atomic E-state index is 14.5. The Bertz CT molecular complexity index is 5220. The summed E-state index contributed by atoms with van der Waals surface area (Å²) in [5.74, 6) is -3.78. The Morgan fingerprint density at radius 3 is 1.98 bits per heavy atom. The molecule has 0 saturated heterocycles. The number of hydrogen-bond donors (Lipinski definition) is 8. The number of carboxylic acid groups (broad SMARTS) is 1. The third kappa shape index (κ3) is 23.5. The number of aliphatic carboxylic acids is 1. The van der Waals surface area contributed by atoms with E-state index in [2.05, 4.69) is 91.9 Å². The molecule has 8 aromatic rings. The Labute approximate surface area is 718 Å². The number of aryl methyl sites for hydroxylation is 5. The third-order valence-electron chi connectivity index (χ3n) is 22.7. The van der Waals surface area contributed by atoms with E-state index in [1.807, 2.05) is 77.4 Å². The van der Waals surface area contributed by atoms with E-state index in [9.17, 15) is 48.3 Å². The van der Waals surface area contributed by atoms with Crippen molar-refractivity contribution < 1.29 is 67.1 Å². The molecule has 6 atom stereocenters. The van der Waals surface area contributed by atoms with Gasteiger partial charge in [-0.05, 0) is 217 Å². The van der Waals surface area contributed by atoms with Crippen molar-refractivity contribution in [1.82, 2.24) is 35.9 Å². The van der Waals surface area contributed by atoms with E-state index < -0.39 is 63.6 Å². The van der Waals surface area contributed by atoms with Crippen molar-refractivity contribution in [2.75, 3.05) is 79.4 Å². The van der Waals surface area contributed by atoms with Crippen molar-refractivity contribution in [3.8, 4) is 17.2 Å². The number of nitrogens with two attached hydrogens (primary N) is 2. The molecule has 0 aliphatic carbocycles. The van der Waals surface area contributed by atoms with E-state index in [4.69, 9.17) is 40.6 Å². The highest BCUT2D eigenvalue weighted by Crippen LogP contribution is 2.44. The molecular weight excluding hydrogens is 1590 g/mol. The number of aromatic amines is 1. The van der Waals surface area contributed by atoms with Crippen LogP contribution in [0.25, 0.3) is 11.2 Å². The van der Waals surface area contributed by atoms with Crippen molar-refractivity contribution >= 4 is 109 Å². The van der Waals surface area contributed by atoms with Gasteiger partial charge in [-0.3, -0.25) is 53.5 Å². The number of rotatable bonds is 45. The molecule has 28 nitrogen and oxygen atoms in total. The number of H-pyrrole nitrogens is 1. The summed E-state index contributed by atoms with van der Waals surface area (Å²) in [6.45, 7) is 15.1. The molecule has 4 aliphatic heterocycles. The zero-order valence-electron chi connectivity index (χ0n) is 70.4. The second-order valence-corrected chi connectivity index (χ2v) is 35.7. The molecule has 4 amide bonds. The van der Waals surface area contributed by atoms with Crippen LogP contribution in [0.1, 0.15) is 187 Å². The minimum atomic E-state index is -1.27. The summed E-state index contributed by atoms with van der Waals surface area (Å²) in [6.07, 6.45) is 7.96. The van der Waals surface area contributed by atoms with Gasteiger partial charge < -0.3 is 70.9 Å². The van der Waals surface area contributed by atoms with E-state index in [1.165, 1.54) is 24.2 Å². The van der Waals surface area contributed by atoms with Crippen LogP contribution in [0, 0.1) is 24.2 Å². The molecule has 0 saturated carbocycles. The first-order valence-electron chi connectivity index (χ1n) is 42.1. The molecule has 0 fully saturated rings. The molecule has 10 N–H and O–H groups in total. The van der Waals surface area contributed by atoms with Gasteiger partial charge in [-0.15, -0.1) is 0 Å². The summed E-state index contributed by atoms with van der Waals surface area (Å²) in [7, 11) is 4.94. The van der Waals surface area contributed by atoms with E-state index in [-0.39, 0.29) is 117 Å². The molecule has 0 unspecified atom stereocenters. The van der Waals surface area contributed by atoms with Gasteiger partial charge in [-0.25, -0.2) is 9.97 Å². The van der Waals surface area contributed by atoms with Gasteiger partial charge in [0.15, 0.2) is 46.0 Å². The first-order valence-corrected chi connectivity index (χ1v) is 44.4. The molecule has 2 aromatic heterocycles. The maximum Gasteiger partial charge on any atom is 0.306 e.